The Morgan fingerprint density at radius 3 is 2.48 bits per heavy atom. The minimum Gasteiger partial charge on any atom is -0.508 e. The molecule has 2 aromatic heterocycles. The van der Waals surface area contributed by atoms with E-state index in [2.05, 4.69) is 20.7 Å². The summed E-state index contributed by atoms with van der Waals surface area (Å²) in [5.74, 6) is -0.958. The highest BCUT2D eigenvalue weighted by Crippen LogP contribution is 2.28. The lowest BCUT2D eigenvalue weighted by atomic mass is 10.1. The molecule has 0 saturated carbocycles. The fourth-order valence-corrected chi connectivity index (χ4v) is 4.40. The van der Waals surface area contributed by atoms with Gasteiger partial charge in [-0.1, -0.05) is 25.1 Å². The third-order valence-corrected chi connectivity index (χ3v) is 6.81. The van der Waals surface area contributed by atoms with Gasteiger partial charge in [0, 0.05) is 30.5 Å². The predicted molar refractivity (Wildman–Crippen MR) is 161 cm³/mol. The van der Waals surface area contributed by atoms with Crippen LogP contribution in [0.5, 0.6) is 5.75 Å². The van der Waals surface area contributed by atoms with Gasteiger partial charge >= 0.3 is 12.1 Å². The molecule has 0 radical (unpaired) electrons. The average molecular weight is 603 g/mol. The quantitative estimate of drug-likeness (QED) is 0.167. The van der Waals surface area contributed by atoms with E-state index in [-0.39, 0.29) is 30.2 Å². The van der Waals surface area contributed by atoms with Crippen molar-refractivity contribution in [2.75, 3.05) is 25.2 Å². The van der Waals surface area contributed by atoms with Crippen molar-refractivity contribution < 1.29 is 33.8 Å². The average Bonchev–Trinajstić information content (AvgIpc) is 3.35. The van der Waals surface area contributed by atoms with Crippen molar-refractivity contribution in [2.24, 2.45) is 0 Å². The third kappa shape index (κ3) is 7.30. The molecule has 0 aliphatic rings. The van der Waals surface area contributed by atoms with Crippen LogP contribution in [0.25, 0.3) is 5.52 Å². The van der Waals surface area contributed by atoms with Crippen molar-refractivity contribution in [3.63, 3.8) is 0 Å². The van der Waals surface area contributed by atoms with Gasteiger partial charge in [0.1, 0.15) is 17.6 Å². The summed E-state index contributed by atoms with van der Waals surface area (Å²) in [5, 5.41) is 19.7. The molecular formula is C31H34N6O7. The number of phenolic OH excluding ortho intramolecular Hbond substituents is 1. The largest absolute Gasteiger partial charge is 0.508 e. The van der Waals surface area contributed by atoms with Gasteiger partial charge in [-0.25, -0.2) is 19.2 Å². The van der Waals surface area contributed by atoms with Crippen LogP contribution in [-0.4, -0.2) is 68.4 Å². The van der Waals surface area contributed by atoms with Crippen molar-refractivity contribution >= 4 is 40.9 Å². The standard InChI is InChI=1S/C31H34N6O7/c1-5-13-32-29(40)24-16-37-27(20(24)4)28(33-17-34-37)35-25-15-22(10-7-19(25)3)30(41)36(6-2)31(42)44-18-43-26(39)14-21-8-11-23(38)12-9-21/h7-12,15-17,38H,5-6,13-14,18H2,1-4H3,(H,32,40)(H,33,34,35). The highest BCUT2D eigenvalue weighted by Gasteiger charge is 2.24. The number of anilines is 2. The maximum Gasteiger partial charge on any atom is 0.419 e. The van der Waals surface area contributed by atoms with E-state index in [0.717, 1.165) is 16.9 Å². The molecule has 2 heterocycles. The molecule has 13 heteroatoms. The zero-order valence-electron chi connectivity index (χ0n) is 24.9. The predicted octanol–water partition coefficient (Wildman–Crippen LogP) is 4.28. The topological polar surface area (TPSA) is 164 Å². The van der Waals surface area contributed by atoms with Crippen LogP contribution >= 0.6 is 0 Å². The van der Waals surface area contributed by atoms with Gasteiger partial charge in [0.05, 0.1) is 12.0 Å². The Morgan fingerprint density at radius 1 is 1.02 bits per heavy atom. The Labute approximate surface area is 253 Å². The number of phenols is 1. The molecule has 4 rings (SSSR count). The first kappa shape index (κ1) is 31.5. The van der Waals surface area contributed by atoms with Gasteiger partial charge in [0.15, 0.2) is 5.82 Å². The number of rotatable bonds is 11. The molecule has 3 N–H and O–H groups in total. The smallest absolute Gasteiger partial charge is 0.419 e. The molecule has 0 aliphatic carbocycles. The lowest BCUT2D eigenvalue weighted by Crippen LogP contribution is -2.37. The van der Waals surface area contributed by atoms with E-state index in [1.54, 1.807) is 48.0 Å². The highest BCUT2D eigenvalue weighted by atomic mass is 16.7. The minimum atomic E-state index is -0.972. The Kier molecular flexibility index (Phi) is 10.1. The second-order valence-electron chi connectivity index (χ2n) is 9.92. The molecule has 3 amide bonds. The molecular weight excluding hydrogens is 568 g/mol. The molecule has 0 fully saturated rings. The van der Waals surface area contributed by atoms with Crippen LogP contribution in [0.3, 0.4) is 0 Å². The molecule has 0 unspecified atom stereocenters. The molecule has 230 valence electrons. The summed E-state index contributed by atoms with van der Waals surface area (Å²) in [6.45, 7) is 7.14. The summed E-state index contributed by atoms with van der Waals surface area (Å²) >= 11 is 0. The number of imide groups is 1. The van der Waals surface area contributed by atoms with Crippen LogP contribution in [0.2, 0.25) is 0 Å². The zero-order valence-corrected chi connectivity index (χ0v) is 24.9. The van der Waals surface area contributed by atoms with Gasteiger partial charge in [-0.05, 0) is 68.1 Å². The van der Waals surface area contributed by atoms with E-state index in [0.29, 0.717) is 40.3 Å². The monoisotopic (exact) mass is 602 g/mol. The van der Waals surface area contributed by atoms with Crippen LogP contribution in [0, 0.1) is 13.8 Å². The molecule has 0 saturated heterocycles. The maximum atomic E-state index is 13.3. The first-order valence-corrected chi connectivity index (χ1v) is 14.0. The van der Waals surface area contributed by atoms with Crippen LogP contribution in [0.15, 0.2) is 55.0 Å². The van der Waals surface area contributed by atoms with Crippen molar-refractivity contribution in [1.82, 2.24) is 24.8 Å². The molecule has 0 spiro atoms. The van der Waals surface area contributed by atoms with Crippen molar-refractivity contribution in [3.05, 3.63) is 82.8 Å². The molecule has 0 aliphatic heterocycles. The molecule has 2 aromatic carbocycles. The number of aromatic hydroxyl groups is 1. The number of nitrogens with zero attached hydrogens (tertiary/aromatic N) is 4. The number of hydrogen-bond donors (Lipinski definition) is 3. The van der Waals surface area contributed by atoms with Gasteiger partial charge in [-0.15, -0.1) is 0 Å². The van der Waals surface area contributed by atoms with E-state index in [1.807, 2.05) is 20.8 Å². The summed E-state index contributed by atoms with van der Waals surface area (Å²) in [6.07, 6.45) is 2.76. The molecule has 0 bridgehead atoms. The van der Waals surface area contributed by atoms with Crippen LogP contribution in [0.4, 0.5) is 16.3 Å². The highest BCUT2D eigenvalue weighted by molar-refractivity contribution is 6.04. The Hall–Kier alpha value is -5.46. The van der Waals surface area contributed by atoms with E-state index in [9.17, 15) is 24.3 Å². The van der Waals surface area contributed by atoms with Crippen LogP contribution in [-0.2, 0) is 20.7 Å². The van der Waals surface area contributed by atoms with E-state index < -0.39 is 24.8 Å². The van der Waals surface area contributed by atoms with Gasteiger partial charge in [-0.2, -0.15) is 5.10 Å². The summed E-state index contributed by atoms with van der Waals surface area (Å²) in [6, 6.07) is 10.9. The number of aromatic nitrogens is 3. The Bertz CT molecular complexity index is 1680. The minimum absolute atomic E-state index is 0.00845. The number of nitrogens with one attached hydrogen (secondary N) is 2. The SMILES string of the molecule is CCCNC(=O)c1cn2ncnc(Nc3cc(C(=O)N(CC)C(=O)OCOC(=O)Cc4ccc(O)cc4)ccc3C)c2c1C. The molecule has 44 heavy (non-hydrogen) atoms. The van der Waals surface area contributed by atoms with E-state index in [4.69, 9.17) is 9.47 Å². The molecule has 4 aromatic rings. The normalized spacial score (nSPS) is 10.7. The fraction of sp³-hybridized carbons (Fsp3) is 0.290. The number of hydrogen-bond acceptors (Lipinski definition) is 10. The number of carbonyl (C=O) groups excluding carboxylic acids is 4. The van der Waals surface area contributed by atoms with Crippen LogP contribution < -0.4 is 10.6 Å². The van der Waals surface area contributed by atoms with E-state index >= 15 is 0 Å². The summed E-state index contributed by atoms with van der Waals surface area (Å²) in [4.78, 5) is 56.0. The molecule has 0 atom stereocenters. The van der Waals surface area contributed by atoms with Crippen molar-refractivity contribution in [3.8, 4) is 5.75 Å². The summed E-state index contributed by atoms with van der Waals surface area (Å²) in [7, 11) is 0. The number of carbonyl (C=O) groups is 4. The van der Waals surface area contributed by atoms with Crippen molar-refractivity contribution in [2.45, 2.75) is 40.5 Å². The number of amides is 3. The van der Waals surface area contributed by atoms with Gasteiger partial charge < -0.3 is 25.2 Å². The number of esters is 1. The second-order valence-corrected chi connectivity index (χ2v) is 9.92. The van der Waals surface area contributed by atoms with E-state index in [1.165, 1.54) is 18.5 Å². The first-order valence-electron chi connectivity index (χ1n) is 14.0. The third-order valence-electron chi connectivity index (χ3n) is 6.81. The lowest BCUT2D eigenvalue weighted by Gasteiger charge is -2.19. The van der Waals surface area contributed by atoms with Crippen molar-refractivity contribution in [1.29, 1.82) is 0 Å². The Morgan fingerprint density at radius 2 is 1.77 bits per heavy atom. The van der Waals surface area contributed by atoms with Gasteiger partial charge in [0.25, 0.3) is 11.8 Å². The number of aryl methyl sites for hydroxylation is 2. The van der Waals surface area contributed by atoms with Gasteiger partial charge in [0.2, 0.25) is 6.79 Å². The fourth-order valence-electron chi connectivity index (χ4n) is 4.40. The lowest BCUT2D eigenvalue weighted by molar-refractivity contribution is -0.151. The number of ether oxygens (including phenoxy) is 2. The summed E-state index contributed by atoms with van der Waals surface area (Å²) in [5.41, 5.74) is 3.94. The maximum absolute atomic E-state index is 13.3. The Balaban J connectivity index is 1.45. The second kappa shape index (κ2) is 14.1. The zero-order chi connectivity index (χ0) is 31.8. The number of fused-ring (bicyclic) bond motifs is 1. The first-order chi connectivity index (χ1) is 21.1. The molecule has 13 nitrogen and oxygen atoms in total. The summed E-state index contributed by atoms with van der Waals surface area (Å²) < 4.78 is 11.6. The van der Waals surface area contributed by atoms with Crippen LogP contribution in [0.1, 0.15) is 57.7 Å². The number of benzene rings is 2. The van der Waals surface area contributed by atoms with Gasteiger partial charge in [-0.3, -0.25) is 14.4 Å².